The molecule has 19 heavy (non-hydrogen) atoms. The molecule has 0 spiro atoms. The van der Waals surface area contributed by atoms with Gasteiger partial charge < -0.3 is 0 Å². The standard InChI is InChI=1S/C15H11ClN2S/c16-15-8-6-13(17-18-15)10-19-14-7-5-11-3-1-2-4-12(11)9-14/h1-9H,10H2. The number of nitrogens with zero attached hydrogens (tertiary/aromatic N) is 2. The number of hydrogen-bond acceptors (Lipinski definition) is 3. The van der Waals surface area contributed by atoms with Gasteiger partial charge in [0.2, 0.25) is 0 Å². The number of aromatic nitrogens is 2. The first kappa shape index (κ1) is 12.5. The zero-order valence-electron chi connectivity index (χ0n) is 10.1. The molecular formula is C15H11ClN2S. The van der Waals surface area contributed by atoms with E-state index in [1.54, 1.807) is 17.8 Å². The molecule has 0 saturated carbocycles. The maximum Gasteiger partial charge on any atom is 0.151 e. The average molecular weight is 287 g/mol. The van der Waals surface area contributed by atoms with Crippen LogP contribution in [0.1, 0.15) is 5.69 Å². The molecule has 4 heteroatoms. The highest BCUT2D eigenvalue weighted by molar-refractivity contribution is 7.98. The van der Waals surface area contributed by atoms with Gasteiger partial charge in [0, 0.05) is 10.6 Å². The van der Waals surface area contributed by atoms with Gasteiger partial charge in [-0.3, -0.25) is 0 Å². The molecule has 0 N–H and O–H groups in total. The van der Waals surface area contributed by atoms with Crippen molar-refractivity contribution in [2.45, 2.75) is 10.6 Å². The molecule has 3 aromatic rings. The summed E-state index contributed by atoms with van der Waals surface area (Å²) in [5.74, 6) is 0.794. The Kier molecular flexibility index (Phi) is 3.67. The predicted molar refractivity (Wildman–Crippen MR) is 80.6 cm³/mol. The summed E-state index contributed by atoms with van der Waals surface area (Å²) in [5.41, 5.74) is 0.933. The zero-order valence-corrected chi connectivity index (χ0v) is 11.7. The van der Waals surface area contributed by atoms with Crippen LogP contribution in [0.15, 0.2) is 59.5 Å². The topological polar surface area (TPSA) is 25.8 Å². The quantitative estimate of drug-likeness (QED) is 0.659. The van der Waals surface area contributed by atoms with Crippen LogP contribution in [0.4, 0.5) is 0 Å². The monoisotopic (exact) mass is 286 g/mol. The van der Waals surface area contributed by atoms with Crippen molar-refractivity contribution in [3.63, 3.8) is 0 Å². The summed E-state index contributed by atoms with van der Waals surface area (Å²) in [5, 5.41) is 10.8. The molecule has 0 fully saturated rings. The van der Waals surface area contributed by atoms with Crippen LogP contribution in [0.3, 0.4) is 0 Å². The van der Waals surface area contributed by atoms with E-state index in [1.165, 1.54) is 15.7 Å². The summed E-state index contributed by atoms with van der Waals surface area (Å²) in [6.45, 7) is 0. The fraction of sp³-hybridized carbons (Fsp3) is 0.0667. The lowest BCUT2D eigenvalue weighted by molar-refractivity contribution is 0.972. The molecule has 0 aliphatic heterocycles. The maximum atomic E-state index is 5.71. The Labute approximate surface area is 120 Å². The van der Waals surface area contributed by atoms with Gasteiger partial charge in [-0.2, -0.15) is 5.10 Å². The molecule has 3 rings (SSSR count). The molecule has 2 nitrogen and oxygen atoms in total. The minimum atomic E-state index is 0.430. The van der Waals surface area contributed by atoms with E-state index >= 15 is 0 Å². The van der Waals surface area contributed by atoms with Gasteiger partial charge in [-0.1, -0.05) is 41.9 Å². The van der Waals surface area contributed by atoms with E-state index in [9.17, 15) is 0 Å². The van der Waals surface area contributed by atoms with E-state index in [0.29, 0.717) is 5.15 Å². The number of halogens is 1. The first-order valence-electron chi connectivity index (χ1n) is 5.91. The summed E-state index contributed by atoms with van der Waals surface area (Å²) in [4.78, 5) is 1.23. The first-order valence-corrected chi connectivity index (χ1v) is 7.27. The van der Waals surface area contributed by atoms with Gasteiger partial charge in [0.05, 0.1) is 5.69 Å². The minimum absolute atomic E-state index is 0.430. The number of hydrogen-bond donors (Lipinski definition) is 0. The third-order valence-corrected chi connectivity index (χ3v) is 4.02. The van der Waals surface area contributed by atoms with Gasteiger partial charge in [0.15, 0.2) is 5.15 Å². The normalized spacial score (nSPS) is 10.8. The Balaban J connectivity index is 1.76. The molecule has 2 aromatic carbocycles. The summed E-state index contributed by atoms with van der Waals surface area (Å²) >= 11 is 7.46. The third-order valence-electron chi connectivity index (χ3n) is 2.79. The lowest BCUT2D eigenvalue weighted by Crippen LogP contribution is -1.89. The van der Waals surface area contributed by atoms with Crippen LogP contribution in [0.25, 0.3) is 10.8 Å². The molecule has 0 atom stereocenters. The van der Waals surface area contributed by atoms with E-state index in [4.69, 9.17) is 11.6 Å². The number of rotatable bonds is 3. The summed E-state index contributed by atoms with van der Waals surface area (Å²) in [6.07, 6.45) is 0. The first-order chi connectivity index (χ1) is 9.31. The van der Waals surface area contributed by atoms with Crippen LogP contribution in [0, 0.1) is 0 Å². The molecule has 94 valence electrons. The van der Waals surface area contributed by atoms with Crippen LogP contribution in [0.2, 0.25) is 5.15 Å². The van der Waals surface area contributed by atoms with E-state index < -0.39 is 0 Å². The van der Waals surface area contributed by atoms with Crippen LogP contribution in [-0.4, -0.2) is 10.2 Å². The van der Waals surface area contributed by atoms with Crippen LogP contribution < -0.4 is 0 Å². The molecule has 0 saturated heterocycles. The molecular weight excluding hydrogens is 276 g/mol. The third kappa shape index (κ3) is 3.06. The van der Waals surface area contributed by atoms with E-state index in [-0.39, 0.29) is 0 Å². The van der Waals surface area contributed by atoms with Gasteiger partial charge in [0.25, 0.3) is 0 Å². The van der Waals surface area contributed by atoms with Gasteiger partial charge >= 0.3 is 0 Å². The second kappa shape index (κ2) is 5.59. The number of thioether (sulfide) groups is 1. The lowest BCUT2D eigenvalue weighted by atomic mass is 10.1. The van der Waals surface area contributed by atoms with Crippen molar-refractivity contribution in [2.24, 2.45) is 0 Å². The Bertz CT molecular complexity index is 698. The molecule has 0 unspecified atom stereocenters. The summed E-state index contributed by atoms with van der Waals surface area (Å²) in [6, 6.07) is 18.5. The van der Waals surface area contributed by atoms with Gasteiger partial charge in [-0.05, 0) is 35.0 Å². The van der Waals surface area contributed by atoms with Crippen molar-refractivity contribution < 1.29 is 0 Å². The second-order valence-electron chi connectivity index (χ2n) is 4.15. The summed E-state index contributed by atoms with van der Waals surface area (Å²) < 4.78 is 0. The molecule has 0 aliphatic carbocycles. The fourth-order valence-corrected chi connectivity index (χ4v) is 2.78. The number of fused-ring (bicyclic) bond motifs is 1. The van der Waals surface area contributed by atoms with Crippen molar-refractivity contribution in [3.05, 3.63) is 65.4 Å². The molecule has 0 radical (unpaired) electrons. The number of benzene rings is 2. The molecule has 1 heterocycles. The Hall–Kier alpha value is -1.58. The van der Waals surface area contributed by atoms with Gasteiger partial charge in [0.1, 0.15) is 0 Å². The fourth-order valence-electron chi connectivity index (χ4n) is 1.84. The smallest absolute Gasteiger partial charge is 0.151 e. The van der Waals surface area contributed by atoms with Crippen molar-refractivity contribution in [1.29, 1.82) is 0 Å². The highest BCUT2D eigenvalue weighted by Crippen LogP contribution is 2.25. The molecule has 0 amide bonds. The van der Waals surface area contributed by atoms with Crippen LogP contribution in [0.5, 0.6) is 0 Å². The maximum absolute atomic E-state index is 5.71. The van der Waals surface area contributed by atoms with Crippen molar-refractivity contribution in [3.8, 4) is 0 Å². The van der Waals surface area contributed by atoms with Gasteiger partial charge in [-0.15, -0.1) is 16.9 Å². The Morgan fingerprint density at radius 1 is 0.895 bits per heavy atom. The van der Waals surface area contributed by atoms with E-state index in [1.807, 2.05) is 6.07 Å². The molecule has 0 bridgehead atoms. The summed E-state index contributed by atoms with van der Waals surface area (Å²) in [7, 11) is 0. The largest absolute Gasteiger partial charge is 0.153 e. The van der Waals surface area contributed by atoms with Crippen LogP contribution in [-0.2, 0) is 5.75 Å². The SMILES string of the molecule is Clc1ccc(CSc2ccc3ccccc3c2)nn1. The highest BCUT2D eigenvalue weighted by atomic mass is 35.5. The predicted octanol–water partition coefficient (Wildman–Crippen LogP) is 4.58. The van der Waals surface area contributed by atoms with Crippen molar-refractivity contribution in [2.75, 3.05) is 0 Å². The zero-order chi connectivity index (χ0) is 13.1. The Morgan fingerprint density at radius 3 is 2.53 bits per heavy atom. The van der Waals surface area contributed by atoms with E-state index in [0.717, 1.165) is 11.4 Å². The second-order valence-corrected chi connectivity index (χ2v) is 5.58. The Morgan fingerprint density at radius 2 is 1.74 bits per heavy atom. The highest BCUT2D eigenvalue weighted by Gasteiger charge is 2.00. The molecule has 1 aromatic heterocycles. The van der Waals surface area contributed by atoms with Crippen molar-refractivity contribution >= 4 is 34.1 Å². The molecule has 0 aliphatic rings. The average Bonchev–Trinajstić information content (AvgIpc) is 2.46. The van der Waals surface area contributed by atoms with Crippen molar-refractivity contribution in [1.82, 2.24) is 10.2 Å². The van der Waals surface area contributed by atoms with E-state index in [2.05, 4.69) is 52.7 Å². The lowest BCUT2D eigenvalue weighted by Gasteiger charge is -2.03. The minimum Gasteiger partial charge on any atom is -0.153 e. The van der Waals surface area contributed by atoms with Crippen LogP contribution >= 0.6 is 23.4 Å². The van der Waals surface area contributed by atoms with Gasteiger partial charge in [-0.25, -0.2) is 0 Å².